The minimum absolute atomic E-state index is 0.436. The summed E-state index contributed by atoms with van der Waals surface area (Å²) in [7, 11) is 1.87. The molecular formula is C10H13N7. The summed E-state index contributed by atoms with van der Waals surface area (Å²) in [5.74, 6) is 6.61. The lowest BCUT2D eigenvalue weighted by Crippen LogP contribution is -2.21. The van der Waals surface area contributed by atoms with Crippen LogP contribution >= 0.6 is 0 Å². The van der Waals surface area contributed by atoms with Crippen LogP contribution in [0.25, 0.3) is 5.65 Å². The van der Waals surface area contributed by atoms with Gasteiger partial charge in [-0.1, -0.05) is 0 Å². The summed E-state index contributed by atoms with van der Waals surface area (Å²) in [4.78, 5) is 10.5. The van der Waals surface area contributed by atoms with Crippen LogP contribution in [0.15, 0.2) is 18.6 Å². The van der Waals surface area contributed by atoms with Crippen molar-refractivity contribution in [3.63, 3.8) is 0 Å². The first-order valence-corrected chi connectivity index (χ1v) is 5.14. The SMILES string of the molecule is CN(CCC#N)c1nc(NN)cn2ccnc12. The molecule has 0 aliphatic carbocycles. The highest BCUT2D eigenvalue weighted by Crippen LogP contribution is 2.19. The molecule has 0 aliphatic rings. The van der Waals surface area contributed by atoms with Gasteiger partial charge in [-0.15, -0.1) is 0 Å². The summed E-state index contributed by atoms with van der Waals surface area (Å²) in [5, 5.41) is 8.59. The summed E-state index contributed by atoms with van der Waals surface area (Å²) in [5.41, 5.74) is 3.25. The van der Waals surface area contributed by atoms with E-state index in [4.69, 9.17) is 11.1 Å². The zero-order chi connectivity index (χ0) is 12.3. The number of nitriles is 1. The first-order valence-electron chi connectivity index (χ1n) is 5.14. The maximum absolute atomic E-state index is 8.59. The molecule has 0 radical (unpaired) electrons. The lowest BCUT2D eigenvalue weighted by molar-refractivity contribution is 0.880. The van der Waals surface area contributed by atoms with Crippen LogP contribution in [-0.4, -0.2) is 28.0 Å². The van der Waals surface area contributed by atoms with Crippen LogP contribution in [0.4, 0.5) is 11.6 Å². The van der Waals surface area contributed by atoms with Crippen molar-refractivity contribution in [2.24, 2.45) is 5.84 Å². The molecule has 3 N–H and O–H groups in total. The molecule has 7 nitrogen and oxygen atoms in total. The van der Waals surface area contributed by atoms with Crippen LogP contribution in [-0.2, 0) is 0 Å². The van der Waals surface area contributed by atoms with Crippen molar-refractivity contribution in [3.05, 3.63) is 18.6 Å². The van der Waals surface area contributed by atoms with Crippen molar-refractivity contribution < 1.29 is 0 Å². The van der Waals surface area contributed by atoms with Crippen molar-refractivity contribution >= 4 is 17.3 Å². The smallest absolute Gasteiger partial charge is 0.180 e. The van der Waals surface area contributed by atoms with Crippen molar-refractivity contribution in [2.75, 3.05) is 23.9 Å². The highest BCUT2D eigenvalue weighted by Gasteiger charge is 2.11. The van der Waals surface area contributed by atoms with Crippen LogP contribution < -0.4 is 16.2 Å². The molecule has 7 heteroatoms. The highest BCUT2D eigenvalue weighted by atomic mass is 15.3. The van der Waals surface area contributed by atoms with E-state index in [2.05, 4.69) is 21.5 Å². The molecule has 0 fully saturated rings. The van der Waals surface area contributed by atoms with Gasteiger partial charge in [-0.25, -0.2) is 15.8 Å². The van der Waals surface area contributed by atoms with Gasteiger partial charge in [0.2, 0.25) is 0 Å². The first-order chi connectivity index (χ1) is 8.26. The Kier molecular flexibility index (Phi) is 3.07. The number of imidazole rings is 1. The van der Waals surface area contributed by atoms with Gasteiger partial charge in [-0.2, -0.15) is 5.26 Å². The zero-order valence-corrected chi connectivity index (χ0v) is 9.46. The molecule has 0 aromatic carbocycles. The summed E-state index contributed by atoms with van der Waals surface area (Å²) in [6, 6.07) is 2.10. The maximum Gasteiger partial charge on any atom is 0.180 e. The number of fused-ring (bicyclic) bond motifs is 1. The third-order valence-corrected chi connectivity index (χ3v) is 2.42. The number of nitrogens with two attached hydrogens (primary N) is 1. The minimum Gasteiger partial charge on any atom is -0.355 e. The number of hydrogen-bond acceptors (Lipinski definition) is 6. The number of nitrogens with zero attached hydrogens (tertiary/aromatic N) is 5. The number of nitrogen functional groups attached to an aromatic ring is 1. The third kappa shape index (κ3) is 2.11. The van der Waals surface area contributed by atoms with Crippen LogP contribution in [0, 0.1) is 11.3 Å². The molecule has 2 aromatic rings. The van der Waals surface area contributed by atoms with Crippen molar-refractivity contribution in [3.8, 4) is 6.07 Å². The lowest BCUT2D eigenvalue weighted by Gasteiger charge is -2.17. The summed E-state index contributed by atoms with van der Waals surface area (Å²) in [6.07, 6.45) is 5.70. The average Bonchev–Trinajstić information content (AvgIpc) is 2.82. The number of anilines is 2. The predicted molar refractivity (Wildman–Crippen MR) is 64.3 cm³/mol. The van der Waals surface area contributed by atoms with Crippen LogP contribution in [0.1, 0.15) is 6.42 Å². The quantitative estimate of drug-likeness (QED) is 0.583. The third-order valence-electron chi connectivity index (χ3n) is 2.42. The minimum atomic E-state index is 0.436. The van der Waals surface area contributed by atoms with Gasteiger partial charge in [-0.05, 0) is 0 Å². The summed E-state index contributed by atoms with van der Waals surface area (Å²) in [6.45, 7) is 0.597. The van der Waals surface area contributed by atoms with Crippen LogP contribution in [0.3, 0.4) is 0 Å². The topological polar surface area (TPSA) is 95.3 Å². The molecule has 2 rings (SSSR count). The Bertz CT molecular complexity index is 553. The fraction of sp³-hybridized carbons (Fsp3) is 0.300. The second kappa shape index (κ2) is 4.67. The average molecular weight is 231 g/mol. The van der Waals surface area contributed by atoms with E-state index in [1.807, 2.05) is 22.5 Å². The van der Waals surface area contributed by atoms with Gasteiger partial charge in [0.05, 0.1) is 18.7 Å². The van der Waals surface area contributed by atoms with E-state index in [0.29, 0.717) is 24.6 Å². The van der Waals surface area contributed by atoms with Crippen molar-refractivity contribution in [1.29, 1.82) is 5.26 Å². The van der Waals surface area contributed by atoms with Crippen LogP contribution in [0.2, 0.25) is 0 Å². The molecule has 0 spiro atoms. The number of hydrogen-bond donors (Lipinski definition) is 2. The maximum atomic E-state index is 8.59. The van der Waals surface area contributed by atoms with Gasteiger partial charge in [-0.3, -0.25) is 0 Å². The van der Waals surface area contributed by atoms with E-state index in [-0.39, 0.29) is 0 Å². The molecule has 0 unspecified atom stereocenters. The Morgan fingerprint density at radius 2 is 2.47 bits per heavy atom. The highest BCUT2D eigenvalue weighted by molar-refractivity contribution is 5.66. The van der Waals surface area contributed by atoms with E-state index in [1.165, 1.54) is 0 Å². The molecule has 0 atom stereocenters. The molecular weight excluding hydrogens is 218 g/mol. The molecule has 0 saturated carbocycles. The van der Waals surface area contributed by atoms with E-state index < -0.39 is 0 Å². The van der Waals surface area contributed by atoms with Gasteiger partial charge in [0.1, 0.15) is 0 Å². The number of hydrazine groups is 1. The molecule has 0 amide bonds. The first kappa shape index (κ1) is 11.2. The molecule has 2 aromatic heterocycles. The molecule has 17 heavy (non-hydrogen) atoms. The monoisotopic (exact) mass is 231 g/mol. The zero-order valence-electron chi connectivity index (χ0n) is 9.46. The summed E-state index contributed by atoms with van der Waals surface area (Å²) < 4.78 is 1.83. The molecule has 0 bridgehead atoms. The lowest BCUT2D eigenvalue weighted by atomic mass is 10.4. The van der Waals surface area contributed by atoms with Crippen molar-refractivity contribution in [1.82, 2.24) is 14.4 Å². The Hall–Kier alpha value is -2.33. The number of aromatic nitrogens is 3. The van der Waals surface area contributed by atoms with Crippen molar-refractivity contribution in [2.45, 2.75) is 6.42 Å². The number of nitrogens with one attached hydrogen (secondary N) is 1. The predicted octanol–water partition coefficient (Wildman–Crippen LogP) is 0.365. The Morgan fingerprint density at radius 3 is 3.18 bits per heavy atom. The Morgan fingerprint density at radius 1 is 1.65 bits per heavy atom. The van der Waals surface area contributed by atoms with Gasteiger partial charge < -0.3 is 14.7 Å². The van der Waals surface area contributed by atoms with Gasteiger partial charge in [0, 0.05) is 26.0 Å². The second-order valence-corrected chi connectivity index (χ2v) is 3.58. The van der Waals surface area contributed by atoms with Gasteiger partial charge >= 0.3 is 0 Å². The molecule has 0 aliphatic heterocycles. The van der Waals surface area contributed by atoms with Crippen LogP contribution in [0.5, 0.6) is 0 Å². The normalized spacial score (nSPS) is 10.2. The van der Waals surface area contributed by atoms with E-state index >= 15 is 0 Å². The van der Waals surface area contributed by atoms with Gasteiger partial charge in [0.25, 0.3) is 0 Å². The van der Waals surface area contributed by atoms with Gasteiger partial charge in [0.15, 0.2) is 17.3 Å². The summed E-state index contributed by atoms with van der Waals surface area (Å²) >= 11 is 0. The van der Waals surface area contributed by atoms with E-state index in [0.717, 1.165) is 5.65 Å². The Balaban J connectivity index is 2.43. The largest absolute Gasteiger partial charge is 0.355 e. The second-order valence-electron chi connectivity index (χ2n) is 3.58. The number of rotatable bonds is 4. The molecule has 88 valence electrons. The standard InChI is InChI=1S/C10H13N7/c1-16(5-2-3-11)10-9-13-4-6-17(9)7-8(14-10)15-12/h4,6-7,15H,2,5,12H2,1H3. The van der Waals surface area contributed by atoms with E-state index in [1.54, 1.807) is 12.4 Å². The molecule has 0 saturated heterocycles. The Labute approximate surface area is 98.5 Å². The fourth-order valence-electron chi connectivity index (χ4n) is 1.56. The fourth-order valence-corrected chi connectivity index (χ4v) is 1.56. The van der Waals surface area contributed by atoms with E-state index in [9.17, 15) is 0 Å². The molecule has 2 heterocycles.